The first-order chi connectivity index (χ1) is 30.3. The molecule has 3 aromatic carbocycles. The number of ether oxygens (including phenoxy) is 10. The number of carbonyl (C=O) groups is 2. The van der Waals surface area contributed by atoms with Crippen LogP contribution in [0.3, 0.4) is 0 Å². The summed E-state index contributed by atoms with van der Waals surface area (Å²) in [6, 6.07) is 25.4. The highest BCUT2D eigenvalue weighted by Gasteiger charge is 2.14. The van der Waals surface area contributed by atoms with Crippen LogP contribution in [0.4, 0.5) is 9.59 Å². The first kappa shape index (κ1) is 53.9. The van der Waals surface area contributed by atoms with Crippen molar-refractivity contribution in [2.24, 2.45) is 0 Å². The molecule has 0 fully saturated rings. The summed E-state index contributed by atoms with van der Waals surface area (Å²) >= 11 is 0. The van der Waals surface area contributed by atoms with E-state index in [0.29, 0.717) is 112 Å². The Bertz CT molecular complexity index is 1620. The fourth-order valence-electron chi connectivity index (χ4n) is 4.56. The number of hydrogen-bond acceptors (Lipinski definition) is 16. The molecule has 0 aromatic heterocycles. The summed E-state index contributed by atoms with van der Waals surface area (Å²) in [5, 5.41) is 13.7. The topological polar surface area (TPSA) is 214 Å². The number of alkyl carbamates (subject to hydrolysis) is 2. The summed E-state index contributed by atoms with van der Waals surface area (Å²) in [6.07, 6.45) is -0.951. The molecule has 0 bridgehead atoms. The fourth-order valence-corrected chi connectivity index (χ4v) is 5.46. The summed E-state index contributed by atoms with van der Waals surface area (Å²) in [4.78, 5) is 23.2. The highest BCUT2D eigenvalue weighted by molar-refractivity contribution is 7.86. The molecule has 18 nitrogen and oxygen atoms in total. The maximum atomic E-state index is 12.0. The van der Waals surface area contributed by atoms with Crippen LogP contribution >= 0.6 is 0 Å². The zero-order valence-electron chi connectivity index (χ0n) is 35.6. The van der Waals surface area contributed by atoms with Crippen molar-refractivity contribution in [1.82, 2.24) is 10.6 Å². The van der Waals surface area contributed by atoms with Gasteiger partial charge in [0.1, 0.15) is 13.2 Å². The van der Waals surface area contributed by atoms with Gasteiger partial charge < -0.3 is 63.1 Å². The van der Waals surface area contributed by atoms with Crippen molar-refractivity contribution in [1.29, 1.82) is 0 Å². The Morgan fingerprint density at radius 2 is 0.806 bits per heavy atom. The van der Waals surface area contributed by atoms with E-state index in [1.54, 1.807) is 12.1 Å². The predicted octanol–water partition coefficient (Wildman–Crippen LogP) is 3.66. The van der Waals surface area contributed by atoms with Crippen LogP contribution < -0.4 is 10.6 Å². The number of rotatable bonds is 35. The van der Waals surface area contributed by atoms with E-state index in [0.717, 1.165) is 16.7 Å². The Morgan fingerprint density at radius 3 is 1.18 bits per heavy atom. The SMILES string of the molecule is Cc1ccc(S(=O)(=O)OCCOCCOCCOCCOCCNC(=O)OCc2ccccc2)cc1.O=C(NCCOCCOCCOCCOCCO)OCc1ccccc1. The molecular weight excluding hydrogens is 833 g/mol. The van der Waals surface area contributed by atoms with Gasteiger partial charge in [0.25, 0.3) is 10.1 Å². The second-order valence-corrected chi connectivity index (χ2v) is 14.3. The first-order valence-corrected chi connectivity index (χ1v) is 21.8. The molecule has 3 N–H and O–H groups in total. The minimum absolute atomic E-state index is 0.0213. The van der Waals surface area contributed by atoms with Gasteiger partial charge in [-0.15, -0.1) is 0 Å². The highest BCUT2D eigenvalue weighted by atomic mass is 32.2. The zero-order chi connectivity index (χ0) is 44.6. The van der Waals surface area contributed by atoms with E-state index < -0.39 is 22.3 Å². The molecule has 19 heteroatoms. The molecule has 0 spiro atoms. The molecule has 2 amide bonds. The molecule has 0 unspecified atom stereocenters. The van der Waals surface area contributed by atoms with Gasteiger partial charge >= 0.3 is 12.2 Å². The lowest BCUT2D eigenvalue weighted by Crippen LogP contribution is -2.28. The molecule has 0 aliphatic heterocycles. The van der Waals surface area contributed by atoms with E-state index in [1.807, 2.05) is 67.6 Å². The Hall–Kier alpha value is -4.25. The molecule has 348 valence electrons. The molecular formula is C43H64N2O16S. The third-order valence-corrected chi connectivity index (χ3v) is 9.03. The Labute approximate surface area is 365 Å². The monoisotopic (exact) mass is 896 g/mol. The highest BCUT2D eigenvalue weighted by Crippen LogP contribution is 2.13. The number of nitrogens with one attached hydrogen (secondary N) is 2. The molecule has 0 saturated heterocycles. The van der Waals surface area contributed by atoms with E-state index >= 15 is 0 Å². The third-order valence-electron chi connectivity index (χ3n) is 7.70. The minimum Gasteiger partial charge on any atom is -0.445 e. The van der Waals surface area contributed by atoms with Crippen LogP contribution in [0.5, 0.6) is 0 Å². The van der Waals surface area contributed by atoms with Gasteiger partial charge in [-0.2, -0.15) is 8.42 Å². The number of carbonyl (C=O) groups excluding carboxylic acids is 2. The maximum Gasteiger partial charge on any atom is 0.407 e. The number of aryl methyl sites for hydroxylation is 1. The summed E-state index contributed by atoms with van der Waals surface area (Å²) in [5.41, 5.74) is 2.84. The van der Waals surface area contributed by atoms with Gasteiger partial charge in [-0.1, -0.05) is 78.4 Å². The van der Waals surface area contributed by atoms with Crippen molar-refractivity contribution in [3.63, 3.8) is 0 Å². The molecule has 0 heterocycles. The van der Waals surface area contributed by atoms with Crippen LogP contribution in [-0.4, -0.2) is 158 Å². The van der Waals surface area contributed by atoms with E-state index in [4.69, 9.17) is 56.7 Å². The fraction of sp³-hybridized carbons (Fsp3) is 0.535. The van der Waals surface area contributed by atoms with E-state index in [1.165, 1.54) is 12.1 Å². The lowest BCUT2D eigenvalue weighted by atomic mass is 10.2. The predicted molar refractivity (Wildman–Crippen MR) is 227 cm³/mol. The molecule has 0 atom stereocenters. The average molecular weight is 897 g/mol. The van der Waals surface area contributed by atoms with Crippen molar-refractivity contribution < 1.29 is 74.7 Å². The van der Waals surface area contributed by atoms with Crippen LogP contribution in [0.1, 0.15) is 16.7 Å². The lowest BCUT2D eigenvalue weighted by molar-refractivity contribution is -0.00521. The molecule has 0 aliphatic rings. The molecule has 0 radical (unpaired) electrons. The second kappa shape index (κ2) is 37.3. The van der Waals surface area contributed by atoms with Gasteiger partial charge in [-0.3, -0.25) is 4.18 Å². The average Bonchev–Trinajstić information content (AvgIpc) is 3.28. The standard InChI is InChI=1S/C25H35NO9S.C18H29NO7/c1-22-7-9-24(10-8-22)36(28,29)35-20-19-33-18-17-32-16-15-31-14-13-30-12-11-26-25(27)34-21-23-5-3-2-4-6-23;20-7-9-23-11-13-25-15-14-24-12-10-22-8-6-19-18(21)26-16-17-4-2-1-3-5-17/h2-10H,11-21H2,1H3,(H,26,27);1-5,20H,6-16H2,(H,19,21). The van der Waals surface area contributed by atoms with Crippen LogP contribution in [0.25, 0.3) is 0 Å². The summed E-state index contributed by atoms with van der Waals surface area (Å²) in [7, 11) is -3.77. The number of hydrogen-bond donors (Lipinski definition) is 3. The van der Waals surface area contributed by atoms with Gasteiger partial charge in [0.15, 0.2) is 0 Å². The number of aliphatic hydroxyl groups excluding tert-OH is 1. The van der Waals surface area contributed by atoms with Crippen molar-refractivity contribution in [2.45, 2.75) is 25.0 Å². The quantitative estimate of drug-likeness (QED) is 0.0568. The Balaban J connectivity index is 0.000000451. The smallest absolute Gasteiger partial charge is 0.407 e. The normalized spacial score (nSPS) is 11.1. The van der Waals surface area contributed by atoms with Crippen LogP contribution in [0.15, 0.2) is 89.8 Å². The van der Waals surface area contributed by atoms with E-state index in [-0.39, 0.29) is 37.9 Å². The van der Waals surface area contributed by atoms with Gasteiger partial charge in [-0.25, -0.2) is 9.59 Å². The summed E-state index contributed by atoms with van der Waals surface area (Å²) < 4.78 is 81.6. The Kier molecular flexibility index (Phi) is 32.4. The van der Waals surface area contributed by atoms with E-state index in [9.17, 15) is 18.0 Å². The van der Waals surface area contributed by atoms with Gasteiger partial charge in [0, 0.05) is 13.1 Å². The summed E-state index contributed by atoms with van der Waals surface area (Å²) in [6.45, 7) is 9.35. The van der Waals surface area contributed by atoms with Crippen LogP contribution in [0.2, 0.25) is 0 Å². The molecule has 3 aromatic rings. The number of aliphatic hydroxyl groups is 1. The van der Waals surface area contributed by atoms with Crippen molar-refractivity contribution in [3.05, 3.63) is 102 Å². The van der Waals surface area contributed by atoms with Gasteiger partial charge in [0.05, 0.1) is 124 Å². The van der Waals surface area contributed by atoms with Crippen molar-refractivity contribution in [3.8, 4) is 0 Å². The molecule has 3 rings (SSSR count). The molecule has 0 saturated carbocycles. The van der Waals surface area contributed by atoms with Crippen LogP contribution in [0, 0.1) is 6.92 Å². The Morgan fingerprint density at radius 1 is 0.468 bits per heavy atom. The number of benzene rings is 3. The number of amides is 2. The molecule has 62 heavy (non-hydrogen) atoms. The largest absolute Gasteiger partial charge is 0.445 e. The van der Waals surface area contributed by atoms with E-state index in [2.05, 4.69) is 10.6 Å². The first-order valence-electron chi connectivity index (χ1n) is 20.4. The van der Waals surface area contributed by atoms with Crippen LogP contribution in [-0.2, 0) is 74.9 Å². The van der Waals surface area contributed by atoms with Crippen molar-refractivity contribution >= 4 is 22.3 Å². The molecule has 0 aliphatic carbocycles. The van der Waals surface area contributed by atoms with Crippen molar-refractivity contribution in [2.75, 3.05) is 132 Å². The second-order valence-electron chi connectivity index (χ2n) is 12.7. The third kappa shape index (κ3) is 30.7. The minimum atomic E-state index is -3.77. The summed E-state index contributed by atoms with van der Waals surface area (Å²) in [5.74, 6) is 0. The van der Waals surface area contributed by atoms with Gasteiger partial charge in [-0.05, 0) is 30.2 Å². The maximum absolute atomic E-state index is 12.0. The van der Waals surface area contributed by atoms with Gasteiger partial charge in [0.2, 0.25) is 0 Å². The lowest BCUT2D eigenvalue weighted by Gasteiger charge is -2.09. The zero-order valence-corrected chi connectivity index (χ0v) is 36.4.